The molecule has 0 unspecified atom stereocenters. The molecule has 2 aromatic rings. The molecule has 1 N–H and O–H groups in total. The minimum Gasteiger partial charge on any atom is -0.480 e. The van der Waals surface area contributed by atoms with E-state index in [4.69, 9.17) is 9.26 Å². The lowest BCUT2D eigenvalue weighted by Gasteiger charge is -2.25. The van der Waals surface area contributed by atoms with Crippen LogP contribution in [0.15, 0.2) is 52.3 Å². The first-order valence-electron chi connectivity index (χ1n) is 12.1. The van der Waals surface area contributed by atoms with E-state index in [1.54, 1.807) is 0 Å². The third-order valence-electron chi connectivity index (χ3n) is 6.23. The van der Waals surface area contributed by atoms with Crippen molar-refractivity contribution in [3.8, 4) is 0 Å². The van der Waals surface area contributed by atoms with Crippen molar-refractivity contribution in [3.63, 3.8) is 0 Å². The van der Waals surface area contributed by atoms with Crippen LogP contribution in [0.4, 0.5) is 19.1 Å². The maximum Gasteiger partial charge on any atom is 0.416 e. The zero-order chi connectivity index (χ0) is 25.9. The molecule has 0 atom stereocenters. The maximum atomic E-state index is 12.9. The summed E-state index contributed by atoms with van der Waals surface area (Å²) >= 11 is 0. The molecule has 2 aliphatic rings. The van der Waals surface area contributed by atoms with Crippen molar-refractivity contribution in [3.05, 3.63) is 64.8 Å². The van der Waals surface area contributed by atoms with Crippen molar-refractivity contribution in [2.75, 3.05) is 11.4 Å². The van der Waals surface area contributed by atoms with Gasteiger partial charge in [0.15, 0.2) is 5.60 Å². The molecule has 10 heteroatoms. The first-order valence-corrected chi connectivity index (χ1v) is 12.1. The molecule has 4 rings (SSSR count). The molecule has 0 aliphatic heterocycles. The van der Waals surface area contributed by atoms with Crippen LogP contribution >= 0.6 is 0 Å². The molecular formula is C26H30F3N3O4. The second kappa shape index (κ2) is 10.4. The Hall–Kier alpha value is -3.30. The van der Waals surface area contributed by atoms with Crippen molar-refractivity contribution in [1.29, 1.82) is 0 Å². The molecule has 0 radical (unpaired) electrons. The highest BCUT2D eigenvalue weighted by molar-refractivity contribution is 5.76. The summed E-state index contributed by atoms with van der Waals surface area (Å²) in [6.07, 6.45) is 4.52. The summed E-state index contributed by atoms with van der Waals surface area (Å²) in [6.45, 7) is 3.95. The lowest BCUT2D eigenvalue weighted by Crippen LogP contribution is -2.34. The van der Waals surface area contributed by atoms with Crippen molar-refractivity contribution in [1.82, 2.24) is 10.1 Å². The molecule has 0 amide bonds. The van der Waals surface area contributed by atoms with E-state index in [9.17, 15) is 23.1 Å². The molecule has 36 heavy (non-hydrogen) atoms. The molecular weight excluding hydrogens is 475 g/mol. The van der Waals surface area contributed by atoms with Gasteiger partial charge >= 0.3 is 12.1 Å². The first kappa shape index (κ1) is 25.8. The highest BCUT2D eigenvalue weighted by atomic mass is 19.4. The van der Waals surface area contributed by atoms with E-state index < -0.39 is 23.3 Å². The zero-order valence-electron chi connectivity index (χ0n) is 20.3. The van der Waals surface area contributed by atoms with Gasteiger partial charge in [0.1, 0.15) is 0 Å². The van der Waals surface area contributed by atoms with Crippen LogP contribution in [0.1, 0.15) is 75.3 Å². The van der Waals surface area contributed by atoms with Crippen molar-refractivity contribution in [2.45, 2.75) is 76.6 Å². The first-order chi connectivity index (χ1) is 17.0. The molecule has 0 bridgehead atoms. The average molecular weight is 506 g/mol. The number of anilines is 1. The summed E-state index contributed by atoms with van der Waals surface area (Å²) in [4.78, 5) is 17.8. The lowest BCUT2D eigenvalue weighted by molar-refractivity contribution is -0.157. The Kier molecular flexibility index (Phi) is 7.42. The molecule has 0 spiro atoms. The number of aliphatic carboxylic acids is 1. The van der Waals surface area contributed by atoms with E-state index in [2.05, 4.69) is 16.2 Å². The van der Waals surface area contributed by atoms with Gasteiger partial charge < -0.3 is 19.3 Å². The number of rotatable bonds is 11. The van der Waals surface area contributed by atoms with Crippen molar-refractivity contribution < 1.29 is 32.3 Å². The molecule has 2 aliphatic carbocycles. The number of hydrogen-bond donors (Lipinski definition) is 1. The van der Waals surface area contributed by atoms with Crippen LogP contribution in [0.3, 0.4) is 0 Å². The fourth-order valence-corrected chi connectivity index (χ4v) is 3.96. The van der Waals surface area contributed by atoms with Gasteiger partial charge in [-0.1, -0.05) is 18.2 Å². The van der Waals surface area contributed by atoms with Gasteiger partial charge in [0, 0.05) is 25.4 Å². The maximum absolute atomic E-state index is 12.9. The predicted molar refractivity (Wildman–Crippen MR) is 126 cm³/mol. The summed E-state index contributed by atoms with van der Waals surface area (Å²) in [7, 11) is 0. The fourth-order valence-electron chi connectivity index (χ4n) is 3.96. The summed E-state index contributed by atoms with van der Waals surface area (Å²) in [5, 5.41) is 13.4. The van der Waals surface area contributed by atoms with E-state index in [-0.39, 0.29) is 0 Å². The molecule has 194 valence electrons. The van der Waals surface area contributed by atoms with Gasteiger partial charge in [-0.2, -0.15) is 18.2 Å². The number of ether oxygens (including phenoxy) is 1. The summed E-state index contributed by atoms with van der Waals surface area (Å²) < 4.78 is 49.9. The number of hydrogen-bond acceptors (Lipinski definition) is 6. The molecule has 0 saturated heterocycles. The van der Waals surface area contributed by atoms with E-state index in [1.807, 2.05) is 11.0 Å². The topological polar surface area (TPSA) is 88.7 Å². The van der Waals surface area contributed by atoms with Crippen LogP contribution in [-0.2, 0) is 22.3 Å². The summed E-state index contributed by atoms with van der Waals surface area (Å²) in [5.74, 6) is 0.948. The number of alkyl halides is 3. The minimum atomic E-state index is -4.38. The average Bonchev–Trinajstić information content (AvgIpc) is 3.54. The van der Waals surface area contributed by atoms with Gasteiger partial charge in [0.05, 0.1) is 11.3 Å². The summed E-state index contributed by atoms with van der Waals surface area (Å²) in [5.41, 5.74) is -0.221. The number of benzene rings is 1. The Morgan fingerprint density at radius 1 is 1.22 bits per heavy atom. The quantitative estimate of drug-likeness (QED) is 0.387. The SMILES string of the molecule is CC(C)(OC1=CC(CCCN(Cc2ccc(C(F)(F)F)cc2)c2noc(C3CC3)n2)=CCC1)C(=O)O. The number of nitrogens with zero attached hydrogens (tertiary/aromatic N) is 3. The predicted octanol–water partition coefficient (Wildman–Crippen LogP) is 6.24. The number of carboxylic acids is 1. The number of carboxylic acid groups (broad SMARTS) is 1. The van der Waals surface area contributed by atoms with Crippen molar-refractivity contribution >= 4 is 11.9 Å². The Bertz CT molecular complexity index is 1130. The van der Waals surface area contributed by atoms with Gasteiger partial charge in [-0.15, -0.1) is 0 Å². The Balaban J connectivity index is 1.41. The third kappa shape index (κ3) is 6.67. The molecule has 1 aromatic heterocycles. The molecule has 1 saturated carbocycles. The molecule has 7 nitrogen and oxygen atoms in total. The molecule has 1 heterocycles. The van der Waals surface area contributed by atoms with Gasteiger partial charge in [-0.05, 0) is 80.5 Å². The Labute approximate surface area is 207 Å². The number of allylic oxidation sites excluding steroid dienone is 4. The monoisotopic (exact) mass is 505 g/mol. The van der Waals surface area contributed by atoms with Crippen molar-refractivity contribution in [2.24, 2.45) is 0 Å². The largest absolute Gasteiger partial charge is 0.480 e. The summed E-state index contributed by atoms with van der Waals surface area (Å²) in [6, 6.07) is 5.10. The van der Waals surface area contributed by atoms with E-state index in [1.165, 1.54) is 26.0 Å². The van der Waals surface area contributed by atoms with Gasteiger partial charge in [-0.25, -0.2) is 4.79 Å². The fraction of sp³-hybridized carbons (Fsp3) is 0.500. The van der Waals surface area contributed by atoms with E-state index >= 15 is 0 Å². The zero-order valence-corrected chi connectivity index (χ0v) is 20.3. The number of carbonyl (C=O) groups is 1. The van der Waals surface area contributed by atoms with Crippen LogP contribution in [0, 0.1) is 0 Å². The van der Waals surface area contributed by atoms with Crippen LogP contribution in [0.2, 0.25) is 0 Å². The standard InChI is InChI=1S/C26H30F3N3O4/c1-25(2,23(33)34)35-21-7-3-5-17(15-21)6-4-14-32(24-30-22(36-31-24)19-10-11-19)16-18-8-12-20(13-9-18)26(27,28)29/h5,8-9,12-13,15,19H,3-4,6-7,10-11,14,16H2,1-2H3,(H,33,34). The highest BCUT2D eigenvalue weighted by Crippen LogP contribution is 2.39. The van der Waals surface area contributed by atoms with E-state index in [0.717, 1.165) is 49.8 Å². The minimum absolute atomic E-state index is 0.296. The molecule has 1 fully saturated rings. The normalized spacial score (nSPS) is 16.4. The lowest BCUT2D eigenvalue weighted by atomic mass is 10.0. The van der Waals surface area contributed by atoms with Crippen LogP contribution in [0.5, 0.6) is 0 Å². The smallest absolute Gasteiger partial charge is 0.416 e. The van der Waals surface area contributed by atoms with Crippen LogP contribution < -0.4 is 4.90 Å². The Morgan fingerprint density at radius 2 is 1.94 bits per heavy atom. The van der Waals surface area contributed by atoms with Crippen LogP contribution in [-0.4, -0.2) is 33.4 Å². The number of aromatic nitrogens is 2. The van der Waals surface area contributed by atoms with E-state index in [0.29, 0.717) is 48.6 Å². The molecule has 1 aromatic carbocycles. The second-order valence-electron chi connectivity index (χ2n) is 9.77. The third-order valence-corrected chi connectivity index (χ3v) is 6.23. The van der Waals surface area contributed by atoms with Gasteiger partial charge in [0.2, 0.25) is 5.89 Å². The Morgan fingerprint density at radius 3 is 2.58 bits per heavy atom. The second-order valence-corrected chi connectivity index (χ2v) is 9.77. The van der Waals surface area contributed by atoms with Gasteiger partial charge in [0.25, 0.3) is 5.95 Å². The highest BCUT2D eigenvalue weighted by Gasteiger charge is 2.32. The number of halogens is 3. The van der Waals surface area contributed by atoms with Gasteiger partial charge in [-0.3, -0.25) is 0 Å². The van der Waals surface area contributed by atoms with Crippen LogP contribution in [0.25, 0.3) is 0 Å².